The van der Waals surface area contributed by atoms with Crippen LogP contribution >= 0.6 is 0 Å². The molecule has 0 amide bonds. The molecule has 0 saturated carbocycles. The average Bonchev–Trinajstić information content (AvgIpc) is 2.16. The highest BCUT2D eigenvalue weighted by Crippen LogP contribution is 2.41. The summed E-state index contributed by atoms with van der Waals surface area (Å²) in [4.78, 5) is 0. The molecule has 1 N–H and O–H groups in total. The van der Waals surface area contributed by atoms with Gasteiger partial charge in [0.1, 0.15) is 5.60 Å². The first-order chi connectivity index (χ1) is 7.28. The number of rotatable bonds is 2. The Bertz CT molecular complexity index is 350. The standard InChI is InChI=1S/C15H22O/c1-6-15(5,16)11-9-13-12(2)8-7-10-14(13,3)4/h1,8-9,11,13,16H,7,10H2,2-5H3. The molecule has 0 aromatic heterocycles. The van der Waals surface area contributed by atoms with Crippen LogP contribution in [0.3, 0.4) is 0 Å². The van der Waals surface area contributed by atoms with E-state index in [0.717, 1.165) is 6.42 Å². The molecule has 2 atom stereocenters. The third-order valence-corrected chi connectivity index (χ3v) is 3.49. The van der Waals surface area contributed by atoms with Gasteiger partial charge in [0.25, 0.3) is 0 Å². The number of aliphatic hydroxyl groups is 1. The monoisotopic (exact) mass is 218 g/mol. The van der Waals surface area contributed by atoms with Gasteiger partial charge in [0.05, 0.1) is 0 Å². The summed E-state index contributed by atoms with van der Waals surface area (Å²) in [6, 6.07) is 0. The van der Waals surface area contributed by atoms with Crippen molar-refractivity contribution in [1.82, 2.24) is 0 Å². The molecule has 1 rings (SSSR count). The Kier molecular flexibility index (Phi) is 3.65. The topological polar surface area (TPSA) is 20.2 Å². The maximum atomic E-state index is 9.77. The van der Waals surface area contributed by atoms with Gasteiger partial charge in [0.2, 0.25) is 0 Å². The highest BCUT2D eigenvalue weighted by molar-refractivity contribution is 5.24. The largest absolute Gasteiger partial charge is 0.374 e. The van der Waals surface area contributed by atoms with E-state index in [2.05, 4.69) is 38.8 Å². The van der Waals surface area contributed by atoms with Gasteiger partial charge in [-0.2, -0.15) is 0 Å². The second kappa shape index (κ2) is 4.47. The van der Waals surface area contributed by atoms with Crippen molar-refractivity contribution in [1.29, 1.82) is 0 Å². The Balaban J connectivity index is 2.91. The molecule has 88 valence electrons. The van der Waals surface area contributed by atoms with Crippen molar-refractivity contribution in [3.05, 3.63) is 23.8 Å². The number of hydrogen-bond acceptors (Lipinski definition) is 1. The summed E-state index contributed by atoms with van der Waals surface area (Å²) in [7, 11) is 0. The molecule has 1 nitrogen and oxygen atoms in total. The lowest BCUT2D eigenvalue weighted by Gasteiger charge is -2.37. The van der Waals surface area contributed by atoms with Gasteiger partial charge in [-0.25, -0.2) is 0 Å². The summed E-state index contributed by atoms with van der Waals surface area (Å²) in [6.45, 7) is 8.32. The van der Waals surface area contributed by atoms with E-state index in [4.69, 9.17) is 6.42 Å². The predicted molar refractivity (Wildman–Crippen MR) is 68.9 cm³/mol. The third kappa shape index (κ3) is 3.00. The second-order valence-corrected chi connectivity index (χ2v) is 5.60. The van der Waals surface area contributed by atoms with Gasteiger partial charge in [0.15, 0.2) is 0 Å². The predicted octanol–water partition coefficient (Wildman–Crippen LogP) is 3.31. The lowest BCUT2D eigenvalue weighted by molar-refractivity contribution is 0.172. The molecule has 1 aliphatic carbocycles. The third-order valence-electron chi connectivity index (χ3n) is 3.49. The first-order valence-corrected chi connectivity index (χ1v) is 5.85. The number of hydrogen-bond donors (Lipinski definition) is 1. The fraction of sp³-hybridized carbons (Fsp3) is 0.600. The molecule has 0 fully saturated rings. The Morgan fingerprint density at radius 2 is 2.25 bits per heavy atom. The second-order valence-electron chi connectivity index (χ2n) is 5.60. The minimum absolute atomic E-state index is 0.250. The normalized spacial score (nSPS) is 28.2. The molecule has 1 aliphatic rings. The van der Waals surface area contributed by atoms with Gasteiger partial charge in [-0.1, -0.05) is 37.5 Å². The summed E-state index contributed by atoms with van der Waals surface area (Å²) in [6.07, 6.45) is 13.7. The average molecular weight is 218 g/mol. The smallest absolute Gasteiger partial charge is 0.141 e. The maximum absolute atomic E-state index is 9.77. The lowest BCUT2D eigenvalue weighted by Crippen LogP contribution is -2.27. The van der Waals surface area contributed by atoms with Gasteiger partial charge in [-0.15, -0.1) is 6.42 Å². The summed E-state index contributed by atoms with van der Waals surface area (Å²) >= 11 is 0. The first kappa shape index (κ1) is 13.1. The Morgan fingerprint density at radius 1 is 1.62 bits per heavy atom. The van der Waals surface area contributed by atoms with Crippen molar-refractivity contribution < 1.29 is 5.11 Å². The van der Waals surface area contributed by atoms with Crippen molar-refractivity contribution >= 4 is 0 Å². The molecule has 0 heterocycles. The van der Waals surface area contributed by atoms with Crippen molar-refractivity contribution in [3.63, 3.8) is 0 Å². The Hall–Kier alpha value is -1.00. The van der Waals surface area contributed by atoms with Crippen molar-refractivity contribution in [2.45, 2.75) is 46.1 Å². The van der Waals surface area contributed by atoms with Crippen LogP contribution < -0.4 is 0 Å². The van der Waals surface area contributed by atoms with Crippen LogP contribution in [0.15, 0.2) is 23.8 Å². The van der Waals surface area contributed by atoms with E-state index < -0.39 is 5.60 Å². The first-order valence-electron chi connectivity index (χ1n) is 5.85. The van der Waals surface area contributed by atoms with Crippen molar-refractivity contribution in [3.8, 4) is 12.3 Å². The molecule has 0 aromatic carbocycles. The summed E-state index contributed by atoms with van der Waals surface area (Å²) in [5, 5.41) is 9.77. The van der Waals surface area contributed by atoms with E-state index in [0.29, 0.717) is 5.92 Å². The minimum Gasteiger partial charge on any atom is -0.374 e. The van der Waals surface area contributed by atoms with E-state index in [-0.39, 0.29) is 5.41 Å². The molecule has 0 bridgehead atoms. The van der Waals surface area contributed by atoms with Gasteiger partial charge in [-0.05, 0) is 38.2 Å². The van der Waals surface area contributed by atoms with Crippen LogP contribution in [0, 0.1) is 23.7 Å². The molecular weight excluding hydrogens is 196 g/mol. The maximum Gasteiger partial charge on any atom is 0.141 e. The SMILES string of the molecule is C#CC(C)(O)C=CC1C(C)=CCCC1(C)C. The van der Waals surface area contributed by atoms with Gasteiger partial charge < -0.3 is 5.11 Å². The molecule has 0 saturated heterocycles. The van der Waals surface area contributed by atoms with Crippen LogP contribution in [0.1, 0.15) is 40.5 Å². The fourth-order valence-corrected chi connectivity index (χ4v) is 2.31. The van der Waals surface area contributed by atoms with E-state index in [1.54, 1.807) is 13.0 Å². The fourth-order valence-electron chi connectivity index (χ4n) is 2.31. The molecule has 0 spiro atoms. The van der Waals surface area contributed by atoms with Crippen molar-refractivity contribution in [2.24, 2.45) is 11.3 Å². The van der Waals surface area contributed by atoms with Crippen LogP contribution in [-0.2, 0) is 0 Å². The zero-order chi connectivity index (χ0) is 12.4. The number of terminal acetylenes is 1. The van der Waals surface area contributed by atoms with E-state index in [1.165, 1.54) is 12.0 Å². The molecule has 1 heteroatoms. The highest BCUT2D eigenvalue weighted by Gasteiger charge is 2.31. The zero-order valence-corrected chi connectivity index (χ0v) is 10.7. The Labute approximate surface area is 99.3 Å². The van der Waals surface area contributed by atoms with Crippen LogP contribution in [0.5, 0.6) is 0 Å². The summed E-state index contributed by atoms with van der Waals surface area (Å²) < 4.78 is 0. The van der Waals surface area contributed by atoms with E-state index in [9.17, 15) is 5.11 Å². The Morgan fingerprint density at radius 3 is 2.75 bits per heavy atom. The van der Waals surface area contributed by atoms with Gasteiger partial charge in [0, 0.05) is 5.92 Å². The molecule has 2 unspecified atom stereocenters. The summed E-state index contributed by atoms with van der Waals surface area (Å²) in [5.41, 5.74) is 0.494. The van der Waals surface area contributed by atoms with Gasteiger partial charge in [-0.3, -0.25) is 0 Å². The molecule has 0 radical (unpaired) electrons. The van der Waals surface area contributed by atoms with Crippen LogP contribution in [0.2, 0.25) is 0 Å². The van der Waals surface area contributed by atoms with Crippen LogP contribution in [-0.4, -0.2) is 10.7 Å². The molecular formula is C15H22O. The quantitative estimate of drug-likeness (QED) is 0.557. The van der Waals surface area contributed by atoms with E-state index in [1.807, 2.05) is 0 Å². The minimum atomic E-state index is -1.13. The zero-order valence-electron chi connectivity index (χ0n) is 10.7. The molecule has 16 heavy (non-hydrogen) atoms. The summed E-state index contributed by atoms with van der Waals surface area (Å²) in [5.74, 6) is 2.75. The highest BCUT2D eigenvalue weighted by atomic mass is 16.3. The number of allylic oxidation sites excluding steroid dienone is 3. The van der Waals surface area contributed by atoms with Gasteiger partial charge >= 0.3 is 0 Å². The lowest BCUT2D eigenvalue weighted by atomic mass is 9.68. The van der Waals surface area contributed by atoms with Crippen LogP contribution in [0.4, 0.5) is 0 Å². The van der Waals surface area contributed by atoms with E-state index >= 15 is 0 Å². The van der Waals surface area contributed by atoms with Crippen molar-refractivity contribution in [2.75, 3.05) is 0 Å². The van der Waals surface area contributed by atoms with Crippen LogP contribution in [0.25, 0.3) is 0 Å². The molecule has 0 aromatic rings. The molecule has 0 aliphatic heterocycles.